The van der Waals surface area contributed by atoms with E-state index < -0.39 is 0 Å². The molecule has 0 aliphatic carbocycles. The summed E-state index contributed by atoms with van der Waals surface area (Å²) in [4.78, 5) is 0. The molecular weight excluding hydrogens is 252 g/mol. The van der Waals surface area contributed by atoms with Gasteiger partial charge in [0.25, 0.3) is 0 Å². The number of halogens is 1. The van der Waals surface area contributed by atoms with Crippen LogP contribution in [0.25, 0.3) is 0 Å². The molecule has 2 rings (SSSR count). The summed E-state index contributed by atoms with van der Waals surface area (Å²) in [5.41, 5.74) is 1.10. The second-order valence-electron chi connectivity index (χ2n) is 3.79. The molecule has 2 aromatic rings. The number of aromatic nitrogens is 2. The second kappa shape index (κ2) is 6.42. The lowest BCUT2D eigenvalue weighted by Gasteiger charge is -2.05. The second-order valence-corrected chi connectivity index (χ2v) is 4.15. The molecule has 0 aliphatic heterocycles. The Kier molecular flexibility index (Phi) is 4.61. The fourth-order valence-electron chi connectivity index (χ4n) is 1.52. The van der Waals surface area contributed by atoms with Gasteiger partial charge in [-0.25, -0.2) is 4.68 Å². The smallest absolute Gasteiger partial charge is 0.176 e. The minimum Gasteiger partial charge on any atom is -0.484 e. The third kappa shape index (κ3) is 3.24. The van der Waals surface area contributed by atoms with Crippen molar-refractivity contribution in [1.29, 1.82) is 0 Å². The number of rotatable bonds is 6. The first-order valence-corrected chi connectivity index (χ1v) is 6.06. The lowest BCUT2D eigenvalue weighted by atomic mass is 10.2. The molecule has 1 heterocycles. The Morgan fingerprint density at radius 1 is 1.28 bits per heavy atom. The molecule has 5 heteroatoms. The van der Waals surface area contributed by atoms with Crippen molar-refractivity contribution in [3.8, 4) is 5.75 Å². The summed E-state index contributed by atoms with van der Waals surface area (Å²) in [5, 5.41) is 4.65. The number of hydrogen-bond donors (Lipinski definition) is 0. The Hall–Kier alpha value is -1.52. The quantitative estimate of drug-likeness (QED) is 0.807. The van der Waals surface area contributed by atoms with Gasteiger partial charge in [-0.1, -0.05) is 41.9 Å². The highest BCUT2D eigenvalue weighted by molar-refractivity contribution is 6.31. The van der Waals surface area contributed by atoms with E-state index in [1.807, 2.05) is 30.3 Å². The summed E-state index contributed by atoms with van der Waals surface area (Å²) in [6.45, 7) is 1.67. The van der Waals surface area contributed by atoms with Crippen molar-refractivity contribution in [3.05, 3.63) is 47.2 Å². The summed E-state index contributed by atoms with van der Waals surface area (Å²) in [6.07, 6.45) is 1.63. The van der Waals surface area contributed by atoms with Gasteiger partial charge >= 0.3 is 0 Å². The number of hydrogen-bond acceptors (Lipinski definition) is 3. The average molecular weight is 267 g/mol. The highest BCUT2D eigenvalue weighted by Crippen LogP contribution is 2.24. The van der Waals surface area contributed by atoms with E-state index in [0.29, 0.717) is 30.7 Å². The Balaban J connectivity index is 1.95. The molecule has 4 nitrogen and oxygen atoms in total. The largest absolute Gasteiger partial charge is 0.484 e. The lowest BCUT2D eigenvalue weighted by molar-refractivity contribution is 0.183. The maximum Gasteiger partial charge on any atom is 0.176 e. The van der Waals surface area contributed by atoms with Gasteiger partial charge in [0.15, 0.2) is 10.9 Å². The summed E-state index contributed by atoms with van der Waals surface area (Å²) >= 11 is 6.15. The van der Waals surface area contributed by atoms with E-state index >= 15 is 0 Å². The van der Waals surface area contributed by atoms with Crippen LogP contribution >= 0.6 is 11.6 Å². The van der Waals surface area contributed by atoms with Gasteiger partial charge < -0.3 is 9.47 Å². The summed E-state index contributed by atoms with van der Waals surface area (Å²) in [5.74, 6) is 0.594. The zero-order valence-electron chi connectivity index (χ0n) is 10.2. The van der Waals surface area contributed by atoms with E-state index in [9.17, 15) is 0 Å². The van der Waals surface area contributed by atoms with Crippen LogP contribution in [0.15, 0.2) is 36.5 Å². The first-order valence-electron chi connectivity index (χ1n) is 5.68. The van der Waals surface area contributed by atoms with E-state index in [-0.39, 0.29) is 0 Å². The standard InChI is InChI=1S/C13H15ClN2O2/c1-17-8-7-16-13(14)12(9-15-16)18-10-11-5-3-2-4-6-11/h2-6,9H,7-8,10H2,1H3. The molecule has 0 bridgehead atoms. The summed E-state index contributed by atoms with van der Waals surface area (Å²) in [7, 11) is 1.64. The molecule has 0 amide bonds. The van der Waals surface area contributed by atoms with Crippen LogP contribution < -0.4 is 4.74 Å². The number of benzene rings is 1. The minimum atomic E-state index is 0.483. The van der Waals surface area contributed by atoms with Gasteiger partial charge in [0.1, 0.15) is 6.61 Å². The molecule has 0 saturated carbocycles. The Bertz CT molecular complexity index is 485. The van der Waals surface area contributed by atoms with Crippen molar-refractivity contribution in [2.24, 2.45) is 0 Å². The number of ether oxygens (including phenoxy) is 2. The van der Waals surface area contributed by atoms with E-state index in [1.165, 1.54) is 0 Å². The summed E-state index contributed by atoms with van der Waals surface area (Å²) < 4.78 is 12.3. The molecule has 0 N–H and O–H groups in total. The van der Waals surface area contributed by atoms with Gasteiger partial charge in [-0.2, -0.15) is 5.10 Å². The van der Waals surface area contributed by atoms with Crippen LogP contribution in [0.5, 0.6) is 5.75 Å². The first-order chi connectivity index (χ1) is 8.81. The monoisotopic (exact) mass is 266 g/mol. The Labute approximate surface area is 111 Å². The predicted octanol–water partition coefficient (Wildman–Crippen LogP) is 2.76. The molecule has 0 spiro atoms. The average Bonchev–Trinajstić information content (AvgIpc) is 2.76. The van der Waals surface area contributed by atoms with Gasteiger partial charge in [0, 0.05) is 7.11 Å². The van der Waals surface area contributed by atoms with Crippen molar-refractivity contribution in [1.82, 2.24) is 9.78 Å². The van der Waals surface area contributed by atoms with Crippen molar-refractivity contribution in [2.75, 3.05) is 13.7 Å². The van der Waals surface area contributed by atoms with E-state index in [2.05, 4.69) is 5.10 Å². The third-order valence-electron chi connectivity index (χ3n) is 2.49. The predicted molar refractivity (Wildman–Crippen MR) is 69.9 cm³/mol. The van der Waals surface area contributed by atoms with Crippen LogP contribution in [-0.4, -0.2) is 23.5 Å². The molecule has 0 fully saturated rings. The molecule has 18 heavy (non-hydrogen) atoms. The zero-order valence-corrected chi connectivity index (χ0v) is 10.9. The zero-order chi connectivity index (χ0) is 12.8. The molecule has 96 valence electrons. The fraction of sp³-hybridized carbons (Fsp3) is 0.308. The van der Waals surface area contributed by atoms with E-state index in [1.54, 1.807) is 18.0 Å². The SMILES string of the molecule is COCCn1ncc(OCc2ccccc2)c1Cl. The van der Waals surface area contributed by atoms with Crippen molar-refractivity contribution < 1.29 is 9.47 Å². The van der Waals surface area contributed by atoms with Crippen LogP contribution in [0.4, 0.5) is 0 Å². The Morgan fingerprint density at radius 2 is 2.06 bits per heavy atom. The van der Waals surface area contributed by atoms with Crippen molar-refractivity contribution >= 4 is 11.6 Å². The molecule has 0 saturated heterocycles. The normalized spacial score (nSPS) is 10.6. The third-order valence-corrected chi connectivity index (χ3v) is 2.87. The van der Waals surface area contributed by atoms with Crippen molar-refractivity contribution in [3.63, 3.8) is 0 Å². The van der Waals surface area contributed by atoms with Gasteiger partial charge in [-0.05, 0) is 5.56 Å². The molecule has 1 aromatic carbocycles. The van der Waals surface area contributed by atoms with E-state index in [4.69, 9.17) is 21.1 Å². The van der Waals surface area contributed by atoms with Crippen LogP contribution in [0.3, 0.4) is 0 Å². The molecule has 0 radical (unpaired) electrons. The van der Waals surface area contributed by atoms with E-state index in [0.717, 1.165) is 5.56 Å². The van der Waals surface area contributed by atoms with Gasteiger partial charge in [-0.3, -0.25) is 0 Å². The van der Waals surface area contributed by atoms with Crippen LogP contribution in [0, 0.1) is 0 Å². The van der Waals surface area contributed by atoms with Crippen LogP contribution in [0.2, 0.25) is 5.15 Å². The van der Waals surface area contributed by atoms with Gasteiger partial charge in [0.2, 0.25) is 0 Å². The lowest BCUT2D eigenvalue weighted by Crippen LogP contribution is -2.05. The molecule has 0 unspecified atom stereocenters. The highest BCUT2D eigenvalue weighted by Gasteiger charge is 2.09. The Morgan fingerprint density at radius 3 is 2.78 bits per heavy atom. The van der Waals surface area contributed by atoms with Crippen molar-refractivity contribution in [2.45, 2.75) is 13.2 Å². The van der Waals surface area contributed by atoms with Crippen LogP contribution in [-0.2, 0) is 17.9 Å². The maximum atomic E-state index is 6.15. The number of nitrogens with zero attached hydrogens (tertiary/aromatic N) is 2. The van der Waals surface area contributed by atoms with Crippen LogP contribution in [0.1, 0.15) is 5.56 Å². The minimum absolute atomic E-state index is 0.483. The molecule has 0 atom stereocenters. The highest BCUT2D eigenvalue weighted by atomic mass is 35.5. The van der Waals surface area contributed by atoms with Gasteiger partial charge in [-0.15, -0.1) is 0 Å². The maximum absolute atomic E-state index is 6.15. The first kappa shape index (κ1) is 12.9. The molecule has 1 aromatic heterocycles. The molecule has 0 aliphatic rings. The topological polar surface area (TPSA) is 36.3 Å². The molecular formula is C13H15ClN2O2. The van der Waals surface area contributed by atoms with Gasteiger partial charge in [0.05, 0.1) is 19.3 Å². The summed E-state index contributed by atoms with van der Waals surface area (Å²) in [6, 6.07) is 9.93. The number of methoxy groups -OCH3 is 1. The fourth-order valence-corrected chi connectivity index (χ4v) is 1.75.